The van der Waals surface area contributed by atoms with E-state index in [-0.39, 0.29) is 29.3 Å². The zero-order valence-corrected chi connectivity index (χ0v) is 22.1. The van der Waals surface area contributed by atoms with Crippen molar-refractivity contribution in [1.82, 2.24) is 24.3 Å². The van der Waals surface area contributed by atoms with Crippen molar-refractivity contribution in [1.29, 1.82) is 0 Å². The van der Waals surface area contributed by atoms with Gasteiger partial charge in [-0.3, -0.25) is 14.0 Å². The lowest BCUT2D eigenvalue weighted by molar-refractivity contribution is 0.202. The number of halogens is 1. The third kappa shape index (κ3) is 4.43. The molecule has 3 aromatic heterocycles. The van der Waals surface area contributed by atoms with Crippen LogP contribution in [0, 0.1) is 5.82 Å². The monoisotopic (exact) mass is 553 g/mol. The molecule has 0 atom stereocenters. The van der Waals surface area contributed by atoms with Crippen LogP contribution in [-0.4, -0.2) is 41.1 Å². The lowest BCUT2D eigenvalue weighted by Gasteiger charge is -2.16. The fourth-order valence-corrected chi connectivity index (χ4v) is 5.44. The van der Waals surface area contributed by atoms with Gasteiger partial charge in [-0.25, -0.2) is 9.37 Å². The number of aliphatic hydroxyl groups excluding tert-OH is 2. The Balaban J connectivity index is 1.27. The summed E-state index contributed by atoms with van der Waals surface area (Å²) in [5.74, 6) is 0.239. The van der Waals surface area contributed by atoms with Crippen LogP contribution in [-0.2, 0) is 12.1 Å². The maximum absolute atomic E-state index is 15.2. The van der Waals surface area contributed by atoms with Crippen molar-refractivity contribution in [3.63, 3.8) is 0 Å². The molecule has 5 N–H and O–H groups in total. The summed E-state index contributed by atoms with van der Waals surface area (Å²) in [5, 5.41) is 28.2. The van der Waals surface area contributed by atoms with E-state index in [1.54, 1.807) is 53.6 Å². The molecular weight excluding hydrogens is 525 g/mol. The number of aromatic nitrogens is 5. The van der Waals surface area contributed by atoms with Gasteiger partial charge in [0.1, 0.15) is 11.6 Å². The molecule has 11 heteroatoms. The second kappa shape index (κ2) is 9.50. The van der Waals surface area contributed by atoms with Crippen LogP contribution in [0.1, 0.15) is 42.7 Å². The van der Waals surface area contributed by atoms with Crippen molar-refractivity contribution in [2.24, 2.45) is 0 Å². The van der Waals surface area contributed by atoms with E-state index in [4.69, 9.17) is 5.73 Å². The number of aliphatic hydroxyl groups is 2. The Hall–Kier alpha value is -4.61. The molecule has 0 radical (unpaired) electrons. The van der Waals surface area contributed by atoms with Gasteiger partial charge >= 0.3 is 0 Å². The number of nitrogens with zero attached hydrogens (tertiary/aromatic N) is 5. The third-order valence-corrected chi connectivity index (χ3v) is 8.06. The predicted octanol–water partition coefficient (Wildman–Crippen LogP) is 3.96. The number of anilines is 3. The standard InChI is InChI=1S/C30H28FN7O3/c31-23-11-19(17-4-5-17)10-18-6-9-37(28(41)27(18)23)25-3-1-2-21(22(25)15-39)24-12-26(32)36-29(35-24)34-20-13-33-38(14-20)30(16-40)7-8-30/h1-3,6,9-14,17,39-40H,4-5,7-8,15-16H2,(H3,32,34,35,36). The lowest BCUT2D eigenvalue weighted by Crippen LogP contribution is -2.21. The molecular formula is C30H28FN7O3. The molecule has 2 aromatic carbocycles. The van der Waals surface area contributed by atoms with E-state index in [0.717, 1.165) is 31.2 Å². The molecule has 0 saturated heterocycles. The van der Waals surface area contributed by atoms with E-state index in [9.17, 15) is 15.0 Å². The molecule has 0 amide bonds. The highest BCUT2D eigenvalue weighted by molar-refractivity contribution is 5.84. The van der Waals surface area contributed by atoms with Crippen molar-refractivity contribution < 1.29 is 14.6 Å². The topological polar surface area (TPSA) is 144 Å². The van der Waals surface area contributed by atoms with E-state index in [0.29, 0.717) is 39.5 Å². The van der Waals surface area contributed by atoms with Gasteiger partial charge in [-0.2, -0.15) is 10.1 Å². The largest absolute Gasteiger partial charge is 0.394 e. The minimum Gasteiger partial charge on any atom is -0.394 e. The highest BCUT2D eigenvalue weighted by atomic mass is 19.1. The first kappa shape index (κ1) is 25.4. The Morgan fingerprint density at radius 3 is 2.68 bits per heavy atom. The molecule has 2 fully saturated rings. The molecule has 0 bridgehead atoms. The first-order valence-corrected chi connectivity index (χ1v) is 13.5. The normalized spacial score (nSPS) is 15.8. The molecule has 2 aliphatic carbocycles. The molecule has 3 heterocycles. The number of nitrogens with two attached hydrogens (primary N) is 1. The van der Waals surface area contributed by atoms with Crippen molar-refractivity contribution in [3.05, 3.63) is 88.4 Å². The van der Waals surface area contributed by atoms with Crippen LogP contribution >= 0.6 is 0 Å². The second-order valence-electron chi connectivity index (χ2n) is 10.9. The van der Waals surface area contributed by atoms with Crippen LogP contribution in [0.15, 0.2) is 65.8 Å². The smallest absolute Gasteiger partial charge is 0.265 e. The number of rotatable bonds is 8. The maximum Gasteiger partial charge on any atom is 0.265 e. The lowest BCUT2D eigenvalue weighted by atomic mass is 10.0. The Kier molecular flexibility index (Phi) is 5.87. The van der Waals surface area contributed by atoms with Crippen molar-refractivity contribution in [2.75, 3.05) is 17.7 Å². The van der Waals surface area contributed by atoms with Crippen LogP contribution in [0.2, 0.25) is 0 Å². The van der Waals surface area contributed by atoms with Crippen LogP contribution in [0.3, 0.4) is 0 Å². The molecule has 10 nitrogen and oxygen atoms in total. The zero-order valence-electron chi connectivity index (χ0n) is 22.1. The summed E-state index contributed by atoms with van der Waals surface area (Å²) in [6.45, 7) is -0.385. The van der Waals surface area contributed by atoms with E-state index >= 15 is 4.39 Å². The Bertz CT molecular complexity index is 1870. The fraction of sp³-hybridized carbons (Fsp3) is 0.267. The molecule has 0 spiro atoms. The summed E-state index contributed by atoms with van der Waals surface area (Å²) < 4.78 is 18.3. The summed E-state index contributed by atoms with van der Waals surface area (Å²) in [6.07, 6.45) is 8.81. The van der Waals surface area contributed by atoms with Gasteiger partial charge in [-0.1, -0.05) is 18.2 Å². The summed E-state index contributed by atoms with van der Waals surface area (Å²) in [6, 6.07) is 11.9. The molecule has 41 heavy (non-hydrogen) atoms. The van der Waals surface area contributed by atoms with Gasteiger partial charge in [-0.05, 0) is 60.7 Å². The number of fused-ring (bicyclic) bond motifs is 1. The Morgan fingerprint density at radius 2 is 1.95 bits per heavy atom. The van der Waals surface area contributed by atoms with Gasteiger partial charge in [0, 0.05) is 29.6 Å². The van der Waals surface area contributed by atoms with E-state index in [2.05, 4.69) is 20.4 Å². The molecule has 0 unspecified atom stereocenters. The van der Waals surface area contributed by atoms with Crippen LogP contribution in [0.5, 0.6) is 0 Å². The number of hydrogen-bond acceptors (Lipinski definition) is 8. The van der Waals surface area contributed by atoms with Crippen molar-refractivity contribution in [3.8, 4) is 16.9 Å². The molecule has 5 aromatic rings. The second-order valence-corrected chi connectivity index (χ2v) is 10.9. The fourth-order valence-electron chi connectivity index (χ4n) is 5.44. The minimum absolute atomic E-state index is 0.0127. The summed E-state index contributed by atoms with van der Waals surface area (Å²) >= 11 is 0. The summed E-state index contributed by atoms with van der Waals surface area (Å²) in [4.78, 5) is 22.4. The average Bonchev–Trinajstić information content (AvgIpc) is 3.90. The highest BCUT2D eigenvalue weighted by Crippen LogP contribution is 2.43. The van der Waals surface area contributed by atoms with Crippen molar-refractivity contribution in [2.45, 2.75) is 43.7 Å². The Morgan fingerprint density at radius 1 is 1.12 bits per heavy atom. The maximum atomic E-state index is 15.2. The molecule has 0 aliphatic heterocycles. The van der Waals surface area contributed by atoms with Gasteiger partial charge in [0.05, 0.1) is 47.4 Å². The number of nitrogen functional groups attached to an aromatic ring is 1. The van der Waals surface area contributed by atoms with E-state index in [1.807, 2.05) is 6.07 Å². The van der Waals surface area contributed by atoms with Gasteiger partial charge < -0.3 is 21.3 Å². The van der Waals surface area contributed by atoms with E-state index < -0.39 is 18.0 Å². The van der Waals surface area contributed by atoms with Crippen LogP contribution in [0.4, 0.5) is 21.8 Å². The third-order valence-electron chi connectivity index (χ3n) is 8.06. The van der Waals surface area contributed by atoms with Crippen LogP contribution < -0.4 is 16.6 Å². The molecule has 2 saturated carbocycles. The zero-order chi connectivity index (χ0) is 28.3. The molecule has 7 rings (SSSR count). The first-order valence-electron chi connectivity index (χ1n) is 13.5. The minimum atomic E-state index is -0.542. The average molecular weight is 554 g/mol. The highest BCUT2D eigenvalue weighted by Gasteiger charge is 2.45. The van der Waals surface area contributed by atoms with Gasteiger partial charge in [0.15, 0.2) is 0 Å². The van der Waals surface area contributed by atoms with Gasteiger partial charge in [0.2, 0.25) is 5.95 Å². The summed E-state index contributed by atoms with van der Waals surface area (Å²) in [5.41, 5.74) is 8.65. The van der Waals surface area contributed by atoms with Gasteiger partial charge in [-0.15, -0.1) is 0 Å². The molecule has 2 aliphatic rings. The number of pyridine rings is 1. The quantitative estimate of drug-likeness (QED) is 0.226. The van der Waals surface area contributed by atoms with Gasteiger partial charge in [0.25, 0.3) is 5.56 Å². The van der Waals surface area contributed by atoms with Crippen molar-refractivity contribution >= 4 is 28.2 Å². The first-order chi connectivity index (χ1) is 19.9. The summed E-state index contributed by atoms with van der Waals surface area (Å²) in [7, 11) is 0. The van der Waals surface area contributed by atoms with E-state index in [1.165, 1.54) is 10.6 Å². The Labute approximate surface area is 233 Å². The number of benzene rings is 2. The molecule has 208 valence electrons. The number of nitrogens with one attached hydrogen (secondary N) is 1. The predicted molar refractivity (Wildman–Crippen MR) is 153 cm³/mol. The SMILES string of the molecule is Nc1cc(-c2cccc(-n3ccc4cc(C5CC5)cc(F)c4c3=O)c2CO)nc(Nc2cnn(C3(CO)CC3)c2)n1. The van der Waals surface area contributed by atoms with Crippen LogP contribution in [0.25, 0.3) is 27.7 Å². The number of hydrogen-bond donors (Lipinski definition) is 4.